The van der Waals surface area contributed by atoms with Crippen molar-refractivity contribution in [1.82, 2.24) is 10.6 Å². The van der Waals surface area contributed by atoms with Crippen molar-refractivity contribution in [3.63, 3.8) is 0 Å². The molecule has 13 nitrogen and oxygen atoms in total. The van der Waals surface area contributed by atoms with E-state index in [1.807, 2.05) is 7.05 Å². The van der Waals surface area contributed by atoms with Crippen LogP contribution in [-0.4, -0.2) is 132 Å². The van der Waals surface area contributed by atoms with Gasteiger partial charge in [-0.25, -0.2) is 14.4 Å². The second-order valence-electron chi connectivity index (χ2n) is 8.57. The largest absolute Gasteiger partial charge is 0.462 e. The Labute approximate surface area is 213 Å². The van der Waals surface area contributed by atoms with Crippen LogP contribution in [0.5, 0.6) is 0 Å². The Bertz CT molecular complexity index is 611. The molecule has 13 heteroatoms. The Balaban J connectivity index is 4.35. The number of rotatable bonds is 21. The number of hydrogen-bond donors (Lipinski definition) is 4. The van der Waals surface area contributed by atoms with Crippen LogP contribution in [0.25, 0.3) is 0 Å². The summed E-state index contributed by atoms with van der Waals surface area (Å²) in [5, 5.41) is 24.4. The first-order valence-corrected chi connectivity index (χ1v) is 12.4. The molecule has 0 radical (unpaired) electrons. The molecule has 212 valence electrons. The number of hydrogen-bond acceptors (Lipinski definition) is 10. The summed E-state index contributed by atoms with van der Waals surface area (Å²) in [5.74, 6) is -0.324. The summed E-state index contributed by atoms with van der Waals surface area (Å²) in [6, 6.07) is 0. The second-order valence-corrected chi connectivity index (χ2v) is 8.57. The van der Waals surface area contributed by atoms with Crippen molar-refractivity contribution >= 4 is 18.2 Å². The van der Waals surface area contributed by atoms with Gasteiger partial charge in [0.15, 0.2) is 6.54 Å². The SMILES string of the molecule is CCOC(=O)C[N+](C)(CCCNC(=O)OCC(O)CC)CCCNC(=O)OCC(O)COCCOC. The van der Waals surface area contributed by atoms with Gasteiger partial charge < -0.3 is 49.0 Å². The molecule has 3 atom stereocenters. The number of esters is 1. The normalized spacial score (nSPS) is 14.3. The number of aliphatic hydroxyl groups is 2. The van der Waals surface area contributed by atoms with E-state index < -0.39 is 24.4 Å². The fourth-order valence-electron chi connectivity index (χ4n) is 3.06. The van der Waals surface area contributed by atoms with E-state index in [0.717, 1.165) is 0 Å². The van der Waals surface area contributed by atoms with Crippen LogP contribution < -0.4 is 10.6 Å². The number of carbonyl (C=O) groups is 3. The minimum atomic E-state index is -0.931. The van der Waals surface area contributed by atoms with Crippen LogP contribution in [0.2, 0.25) is 0 Å². The Kier molecular flexibility index (Phi) is 19.7. The summed E-state index contributed by atoms with van der Waals surface area (Å²) in [7, 11) is 3.45. The first-order chi connectivity index (χ1) is 17.2. The Morgan fingerprint density at radius 3 is 1.89 bits per heavy atom. The third-order valence-electron chi connectivity index (χ3n) is 5.13. The summed E-state index contributed by atoms with van der Waals surface area (Å²) in [5.41, 5.74) is 0. The van der Waals surface area contributed by atoms with Gasteiger partial charge in [-0.2, -0.15) is 0 Å². The van der Waals surface area contributed by atoms with Gasteiger partial charge in [0.25, 0.3) is 0 Å². The minimum Gasteiger partial charge on any atom is -0.462 e. The van der Waals surface area contributed by atoms with Crippen LogP contribution >= 0.6 is 0 Å². The molecule has 0 aromatic heterocycles. The van der Waals surface area contributed by atoms with Crippen LogP contribution in [0, 0.1) is 0 Å². The summed E-state index contributed by atoms with van der Waals surface area (Å²) in [6.07, 6.45) is -1.22. The van der Waals surface area contributed by atoms with Gasteiger partial charge >= 0.3 is 18.2 Å². The average molecular weight is 525 g/mol. The summed E-state index contributed by atoms with van der Waals surface area (Å²) in [6.45, 7) is 6.32. The highest BCUT2D eigenvalue weighted by Crippen LogP contribution is 2.07. The quantitative estimate of drug-likeness (QED) is 0.0697. The molecule has 0 aliphatic heterocycles. The van der Waals surface area contributed by atoms with Gasteiger partial charge in [-0.3, -0.25) is 0 Å². The van der Waals surface area contributed by atoms with Gasteiger partial charge in [-0.1, -0.05) is 6.92 Å². The van der Waals surface area contributed by atoms with Crippen molar-refractivity contribution < 1.29 is 52.8 Å². The van der Waals surface area contributed by atoms with Gasteiger partial charge in [-0.05, 0) is 13.3 Å². The molecule has 3 unspecified atom stereocenters. The highest BCUT2D eigenvalue weighted by molar-refractivity contribution is 5.70. The van der Waals surface area contributed by atoms with Crippen molar-refractivity contribution in [2.24, 2.45) is 0 Å². The van der Waals surface area contributed by atoms with E-state index in [1.165, 1.54) is 0 Å². The van der Waals surface area contributed by atoms with Crippen molar-refractivity contribution in [3.05, 3.63) is 0 Å². The number of nitrogens with one attached hydrogen (secondary N) is 2. The lowest BCUT2D eigenvalue weighted by atomic mass is 10.2. The molecule has 0 spiro atoms. The fourth-order valence-corrected chi connectivity index (χ4v) is 3.06. The lowest BCUT2D eigenvalue weighted by Gasteiger charge is -2.33. The number of carbonyl (C=O) groups excluding carboxylic acids is 3. The number of aliphatic hydroxyl groups excluding tert-OH is 2. The molecule has 2 amide bonds. The highest BCUT2D eigenvalue weighted by atomic mass is 16.6. The number of nitrogens with zero attached hydrogens (tertiary/aromatic N) is 1. The second kappa shape index (κ2) is 20.9. The monoisotopic (exact) mass is 524 g/mol. The number of quaternary nitrogens is 1. The number of alkyl carbamates (subject to hydrolysis) is 2. The van der Waals surface area contributed by atoms with E-state index in [0.29, 0.717) is 63.1 Å². The van der Waals surface area contributed by atoms with Crippen LogP contribution in [0.3, 0.4) is 0 Å². The van der Waals surface area contributed by atoms with Crippen molar-refractivity contribution in [1.29, 1.82) is 0 Å². The molecule has 36 heavy (non-hydrogen) atoms. The zero-order chi connectivity index (χ0) is 27.2. The molecular formula is C23H46N3O10+. The Hall–Kier alpha value is -2.19. The highest BCUT2D eigenvalue weighted by Gasteiger charge is 2.26. The predicted octanol–water partition coefficient (Wildman–Crippen LogP) is 0.0235. The van der Waals surface area contributed by atoms with Crippen LogP contribution in [0.4, 0.5) is 9.59 Å². The number of methoxy groups -OCH3 is 1. The number of ether oxygens (including phenoxy) is 5. The van der Waals surface area contributed by atoms with Crippen molar-refractivity contribution in [2.45, 2.75) is 45.3 Å². The maximum absolute atomic E-state index is 12.1. The number of likely N-dealkylation sites (N-methyl/N-ethyl adjacent to an activating group) is 1. The van der Waals surface area contributed by atoms with Crippen LogP contribution in [0.15, 0.2) is 0 Å². The molecule has 0 rings (SSSR count). The van der Waals surface area contributed by atoms with Crippen LogP contribution in [0.1, 0.15) is 33.1 Å². The van der Waals surface area contributed by atoms with E-state index in [2.05, 4.69) is 10.6 Å². The lowest BCUT2D eigenvalue weighted by Crippen LogP contribution is -2.50. The molecule has 0 bridgehead atoms. The van der Waals surface area contributed by atoms with Crippen molar-refractivity contribution in [3.8, 4) is 0 Å². The Morgan fingerprint density at radius 1 is 0.833 bits per heavy atom. The van der Waals surface area contributed by atoms with E-state index in [9.17, 15) is 24.6 Å². The molecule has 0 saturated carbocycles. The fraction of sp³-hybridized carbons (Fsp3) is 0.870. The zero-order valence-corrected chi connectivity index (χ0v) is 22.2. The first kappa shape index (κ1) is 33.8. The standard InChI is InChI=1S/C23H45N3O10/c1-5-19(27)17-35-22(30)24-9-7-11-26(3,15-21(29)34-6-2)12-8-10-25-23(31)36-18-20(28)16-33-14-13-32-4/h19-20,27-28H,5-18H2,1-4H3,(H-,24,25,30,31)/p+1. The van der Waals surface area contributed by atoms with Gasteiger partial charge in [0.2, 0.25) is 0 Å². The van der Waals surface area contributed by atoms with Gasteiger partial charge in [0.05, 0.1) is 52.7 Å². The molecule has 0 saturated heterocycles. The zero-order valence-electron chi connectivity index (χ0n) is 22.2. The lowest BCUT2D eigenvalue weighted by molar-refractivity contribution is -0.902. The molecule has 0 aromatic carbocycles. The Morgan fingerprint density at radius 2 is 1.39 bits per heavy atom. The molecular weight excluding hydrogens is 478 g/mol. The molecule has 0 aliphatic carbocycles. The predicted molar refractivity (Wildman–Crippen MR) is 130 cm³/mol. The van der Waals surface area contributed by atoms with E-state index in [-0.39, 0.29) is 38.9 Å². The molecule has 0 heterocycles. The summed E-state index contributed by atoms with van der Waals surface area (Å²) >= 11 is 0. The first-order valence-electron chi connectivity index (χ1n) is 12.4. The van der Waals surface area contributed by atoms with E-state index >= 15 is 0 Å². The molecule has 0 fully saturated rings. The van der Waals surface area contributed by atoms with Gasteiger partial charge in [0, 0.05) is 33.0 Å². The van der Waals surface area contributed by atoms with E-state index in [4.69, 9.17) is 23.7 Å². The maximum atomic E-state index is 12.1. The summed E-state index contributed by atoms with van der Waals surface area (Å²) in [4.78, 5) is 35.6. The van der Waals surface area contributed by atoms with Crippen LogP contribution in [-0.2, 0) is 28.5 Å². The molecule has 0 aromatic rings. The smallest absolute Gasteiger partial charge is 0.407 e. The molecule has 4 N–H and O–H groups in total. The summed E-state index contributed by atoms with van der Waals surface area (Å²) < 4.78 is 25.4. The minimum absolute atomic E-state index is 0.0353. The topological polar surface area (TPSA) is 162 Å². The maximum Gasteiger partial charge on any atom is 0.407 e. The number of amides is 2. The van der Waals surface area contributed by atoms with Gasteiger partial charge in [-0.15, -0.1) is 0 Å². The average Bonchev–Trinajstić information content (AvgIpc) is 2.84. The van der Waals surface area contributed by atoms with Crippen molar-refractivity contribution in [2.75, 3.05) is 86.5 Å². The third kappa shape index (κ3) is 19.1. The van der Waals surface area contributed by atoms with E-state index in [1.54, 1.807) is 21.0 Å². The third-order valence-corrected chi connectivity index (χ3v) is 5.13. The molecule has 0 aliphatic rings. The van der Waals surface area contributed by atoms with Gasteiger partial charge in [0.1, 0.15) is 19.3 Å².